The van der Waals surface area contributed by atoms with Gasteiger partial charge in [0.2, 0.25) is 0 Å². The molecule has 0 aromatic carbocycles. The molecule has 1 aliphatic heterocycles. The molecule has 4 nitrogen and oxygen atoms in total. The molecule has 0 aromatic heterocycles. The lowest BCUT2D eigenvalue weighted by atomic mass is 10.0. The van der Waals surface area contributed by atoms with E-state index in [9.17, 15) is 5.11 Å². The average molecular weight is 272 g/mol. The summed E-state index contributed by atoms with van der Waals surface area (Å²) in [6.45, 7) is 12.0. The summed E-state index contributed by atoms with van der Waals surface area (Å²) in [5.74, 6) is 0. The Balaban J connectivity index is 2.25. The van der Waals surface area contributed by atoms with Crippen molar-refractivity contribution in [2.45, 2.75) is 64.8 Å². The van der Waals surface area contributed by atoms with Crippen molar-refractivity contribution in [2.75, 3.05) is 33.3 Å². The summed E-state index contributed by atoms with van der Waals surface area (Å²) in [5, 5.41) is 9.96. The number of nitrogens with zero attached hydrogens (tertiary/aromatic N) is 2. The maximum Gasteiger partial charge on any atom is 0.0900 e. The lowest BCUT2D eigenvalue weighted by Gasteiger charge is -2.39. The largest absolute Gasteiger partial charge is 0.389 e. The Hall–Kier alpha value is -0.160. The van der Waals surface area contributed by atoms with E-state index in [1.807, 2.05) is 13.8 Å². The van der Waals surface area contributed by atoms with E-state index in [1.165, 1.54) is 25.9 Å². The van der Waals surface area contributed by atoms with Gasteiger partial charge < -0.3 is 19.6 Å². The van der Waals surface area contributed by atoms with Gasteiger partial charge in [0, 0.05) is 18.6 Å². The Morgan fingerprint density at radius 2 is 1.79 bits per heavy atom. The zero-order valence-corrected chi connectivity index (χ0v) is 13.3. The third kappa shape index (κ3) is 6.21. The molecule has 19 heavy (non-hydrogen) atoms. The standard InChI is InChI=1S/C15H32N2O2/c1-12(2)17-8-6-14(7-9-17)16(5)10-15(18)11-19-13(3)4/h12-15,18H,6-11H2,1-5H3. The predicted molar refractivity (Wildman–Crippen MR) is 79.5 cm³/mol. The summed E-state index contributed by atoms with van der Waals surface area (Å²) in [6, 6.07) is 1.25. The Morgan fingerprint density at radius 1 is 1.21 bits per heavy atom. The third-order valence-corrected chi connectivity index (χ3v) is 3.97. The summed E-state index contributed by atoms with van der Waals surface area (Å²) in [6.07, 6.45) is 2.21. The number of ether oxygens (including phenoxy) is 1. The highest BCUT2D eigenvalue weighted by molar-refractivity contribution is 4.80. The first-order valence-electron chi connectivity index (χ1n) is 7.64. The number of rotatable bonds is 7. The molecule has 0 bridgehead atoms. The second-order valence-corrected chi connectivity index (χ2v) is 6.34. The van der Waals surface area contributed by atoms with Gasteiger partial charge in [-0.1, -0.05) is 0 Å². The van der Waals surface area contributed by atoms with Gasteiger partial charge in [-0.25, -0.2) is 0 Å². The highest BCUT2D eigenvalue weighted by Crippen LogP contribution is 2.17. The van der Waals surface area contributed by atoms with Crippen LogP contribution in [0.4, 0.5) is 0 Å². The smallest absolute Gasteiger partial charge is 0.0900 e. The van der Waals surface area contributed by atoms with Crippen LogP contribution in [0, 0.1) is 0 Å². The number of piperidine rings is 1. The number of likely N-dealkylation sites (tertiary alicyclic amines) is 1. The van der Waals surface area contributed by atoms with Crippen LogP contribution in [0.15, 0.2) is 0 Å². The minimum absolute atomic E-state index is 0.189. The van der Waals surface area contributed by atoms with Crippen molar-refractivity contribution in [3.05, 3.63) is 0 Å². The van der Waals surface area contributed by atoms with Crippen LogP contribution in [-0.4, -0.2) is 72.5 Å². The fraction of sp³-hybridized carbons (Fsp3) is 1.00. The van der Waals surface area contributed by atoms with Crippen molar-refractivity contribution in [3.63, 3.8) is 0 Å². The molecule has 4 heteroatoms. The molecule has 1 fully saturated rings. The van der Waals surface area contributed by atoms with Gasteiger partial charge in [-0.3, -0.25) is 0 Å². The quantitative estimate of drug-likeness (QED) is 0.763. The van der Waals surface area contributed by atoms with Gasteiger partial charge in [0.15, 0.2) is 0 Å². The van der Waals surface area contributed by atoms with Crippen LogP contribution < -0.4 is 0 Å². The second kappa shape index (κ2) is 8.20. The van der Waals surface area contributed by atoms with Gasteiger partial charge >= 0.3 is 0 Å². The number of aliphatic hydroxyl groups is 1. The third-order valence-electron chi connectivity index (χ3n) is 3.97. The normalized spacial score (nSPS) is 20.7. The van der Waals surface area contributed by atoms with E-state index < -0.39 is 0 Å². The van der Waals surface area contributed by atoms with E-state index in [4.69, 9.17) is 4.74 Å². The summed E-state index contributed by atoms with van der Waals surface area (Å²) in [7, 11) is 2.12. The van der Waals surface area contributed by atoms with Gasteiger partial charge in [0.25, 0.3) is 0 Å². The fourth-order valence-electron chi connectivity index (χ4n) is 2.68. The SMILES string of the molecule is CC(C)OCC(O)CN(C)C1CCN(C(C)C)CC1. The van der Waals surface area contributed by atoms with E-state index in [0.29, 0.717) is 25.2 Å². The molecule has 0 saturated carbocycles. The first kappa shape index (κ1) is 16.9. The highest BCUT2D eigenvalue weighted by atomic mass is 16.5. The van der Waals surface area contributed by atoms with Crippen molar-refractivity contribution < 1.29 is 9.84 Å². The molecule has 1 heterocycles. The molecule has 1 aliphatic rings. The number of aliphatic hydroxyl groups excluding tert-OH is 1. The van der Waals surface area contributed by atoms with Crippen molar-refractivity contribution in [1.29, 1.82) is 0 Å². The van der Waals surface area contributed by atoms with Crippen molar-refractivity contribution in [2.24, 2.45) is 0 Å². The average Bonchev–Trinajstić information content (AvgIpc) is 2.36. The monoisotopic (exact) mass is 272 g/mol. The van der Waals surface area contributed by atoms with E-state index in [1.54, 1.807) is 0 Å². The molecule has 0 aliphatic carbocycles. The van der Waals surface area contributed by atoms with Crippen molar-refractivity contribution in [3.8, 4) is 0 Å². The van der Waals surface area contributed by atoms with E-state index in [2.05, 4.69) is 30.7 Å². The minimum atomic E-state index is -0.379. The maximum atomic E-state index is 9.96. The molecular weight excluding hydrogens is 240 g/mol. The highest BCUT2D eigenvalue weighted by Gasteiger charge is 2.24. The lowest BCUT2D eigenvalue weighted by Crippen LogP contribution is -2.47. The maximum absolute atomic E-state index is 9.96. The van der Waals surface area contributed by atoms with Gasteiger partial charge in [0.1, 0.15) is 0 Å². The van der Waals surface area contributed by atoms with Gasteiger partial charge in [-0.15, -0.1) is 0 Å². The van der Waals surface area contributed by atoms with Crippen LogP contribution >= 0.6 is 0 Å². The molecule has 1 saturated heterocycles. The summed E-state index contributed by atoms with van der Waals surface area (Å²) in [4.78, 5) is 4.83. The molecule has 0 aromatic rings. The van der Waals surface area contributed by atoms with Crippen LogP contribution in [-0.2, 0) is 4.74 Å². The molecule has 1 N–H and O–H groups in total. The molecule has 1 atom stereocenters. The number of likely N-dealkylation sites (N-methyl/N-ethyl adjacent to an activating group) is 1. The first-order valence-corrected chi connectivity index (χ1v) is 7.64. The van der Waals surface area contributed by atoms with Crippen LogP contribution in [0.25, 0.3) is 0 Å². The van der Waals surface area contributed by atoms with Gasteiger partial charge in [-0.05, 0) is 60.7 Å². The molecule has 0 spiro atoms. The molecule has 1 unspecified atom stereocenters. The molecular formula is C15H32N2O2. The lowest BCUT2D eigenvalue weighted by molar-refractivity contribution is -0.0147. The van der Waals surface area contributed by atoms with E-state index >= 15 is 0 Å². The van der Waals surface area contributed by atoms with E-state index in [0.717, 1.165) is 0 Å². The van der Waals surface area contributed by atoms with Crippen molar-refractivity contribution in [1.82, 2.24) is 9.80 Å². The Bertz CT molecular complexity index is 238. The minimum Gasteiger partial charge on any atom is -0.389 e. The van der Waals surface area contributed by atoms with Crippen LogP contribution in [0.2, 0.25) is 0 Å². The fourth-order valence-corrected chi connectivity index (χ4v) is 2.68. The molecule has 1 rings (SSSR count). The second-order valence-electron chi connectivity index (χ2n) is 6.34. The Morgan fingerprint density at radius 3 is 2.26 bits per heavy atom. The topological polar surface area (TPSA) is 35.9 Å². The van der Waals surface area contributed by atoms with E-state index in [-0.39, 0.29) is 12.2 Å². The van der Waals surface area contributed by atoms with Crippen LogP contribution in [0.5, 0.6) is 0 Å². The van der Waals surface area contributed by atoms with Crippen molar-refractivity contribution >= 4 is 0 Å². The number of hydrogen-bond acceptors (Lipinski definition) is 4. The Kier molecular flexibility index (Phi) is 7.29. The summed E-state index contributed by atoms with van der Waals surface area (Å²) >= 11 is 0. The molecule has 0 amide bonds. The Labute approximate surface area is 118 Å². The molecule has 114 valence electrons. The molecule has 0 radical (unpaired) electrons. The zero-order chi connectivity index (χ0) is 14.4. The summed E-state index contributed by atoms with van der Waals surface area (Å²) in [5.41, 5.74) is 0. The van der Waals surface area contributed by atoms with Gasteiger partial charge in [-0.2, -0.15) is 0 Å². The van der Waals surface area contributed by atoms with Gasteiger partial charge in [0.05, 0.1) is 18.8 Å². The predicted octanol–water partition coefficient (Wildman–Crippen LogP) is 1.58. The first-order chi connectivity index (χ1) is 8.90. The number of hydrogen-bond donors (Lipinski definition) is 1. The summed E-state index contributed by atoms with van der Waals surface area (Å²) < 4.78 is 5.46. The van der Waals surface area contributed by atoms with Crippen LogP contribution in [0.3, 0.4) is 0 Å². The zero-order valence-electron chi connectivity index (χ0n) is 13.3. The van der Waals surface area contributed by atoms with Crippen LogP contribution in [0.1, 0.15) is 40.5 Å².